The molecular formula is C10H13NS. The van der Waals surface area contributed by atoms with Gasteiger partial charge < -0.3 is 5.73 Å². The van der Waals surface area contributed by atoms with Gasteiger partial charge in [-0.05, 0) is 49.1 Å². The fourth-order valence-corrected chi connectivity index (χ4v) is 4.17. The van der Waals surface area contributed by atoms with Gasteiger partial charge in [-0.15, -0.1) is 11.3 Å². The highest BCUT2D eigenvalue weighted by atomic mass is 32.1. The molecule has 1 aromatic heterocycles. The predicted molar refractivity (Wildman–Crippen MR) is 52.8 cm³/mol. The van der Waals surface area contributed by atoms with Gasteiger partial charge in [-0.1, -0.05) is 0 Å². The van der Waals surface area contributed by atoms with Gasteiger partial charge in [0, 0.05) is 4.88 Å². The molecule has 1 nitrogen and oxygen atoms in total. The molecule has 0 radical (unpaired) electrons. The molecule has 12 heavy (non-hydrogen) atoms. The van der Waals surface area contributed by atoms with Crippen molar-refractivity contribution >= 4 is 16.3 Å². The SMILES string of the molecule is Cc1c(N)sc2c1C1CCC2C1. The van der Waals surface area contributed by atoms with E-state index >= 15 is 0 Å². The molecule has 64 valence electrons. The second-order valence-electron chi connectivity index (χ2n) is 4.08. The molecule has 0 aliphatic heterocycles. The van der Waals surface area contributed by atoms with Crippen LogP contribution in [0.1, 0.15) is 47.1 Å². The Kier molecular flexibility index (Phi) is 1.19. The van der Waals surface area contributed by atoms with Crippen LogP contribution in [0.2, 0.25) is 0 Å². The van der Waals surface area contributed by atoms with Crippen LogP contribution in [-0.2, 0) is 0 Å². The third kappa shape index (κ3) is 0.650. The number of nitrogen functional groups attached to an aromatic ring is 1. The lowest BCUT2D eigenvalue weighted by molar-refractivity contribution is 0.724. The fraction of sp³-hybridized carbons (Fsp3) is 0.600. The Morgan fingerprint density at radius 3 is 2.83 bits per heavy atom. The molecular weight excluding hydrogens is 166 g/mol. The van der Waals surface area contributed by atoms with Gasteiger partial charge in [-0.25, -0.2) is 0 Å². The maximum Gasteiger partial charge on any atom is 0.0891 e. The first-order valence-corrected chi connectivity index (χ1v) is 5.47. The van der Waals surface area contributed by atoms with Crippen molar-refractivity contribution in [1.82, 2.24) is 0 Å². The Morgan fingerprint density at radius 2 is 2.08 bits per heavy atom. The van der Waals surface area contributed by atoms with Crippen LogP contribution < -0.4 is 5.73 Å². The molecule has 2 bridgehead atoms. The molecule has 3 rings (SSSR count). The lowest BCUT2D eigenvalue weighted by Gasteiger charge is -2.09. The van der Waals surface area contributed by atoms with E-state index in [-0.39, 0.29) is 0 Å². The van der Waals surface area contributed by atoms with Gasteiger partial charge in [0.1, 0.15) is 0 Å². The quantitative estimate of drug-likeness (QED) is 0.651. The number of hydrogen-bond acceptors (Lipinski definition) is 2. The second-order valence-corrected chi connectivity index (χ2v) is 5.16. The molecule has 2 heteroatoms. The van der Waals surface area contributed by atoms with Gasteiger partial charge in [0.25, 0.3) is 0 Å². The van der Waals surface area contributed by atoms with Gasteiger partial charge in [0.15, 0.2) is 0 Å². The zero-order valence-electron chi connectivity index (χ0n) is 7.26. The monoisotopic (exact) mass is 179 g/mol. The maximum absolute atomic E-state index is 5.92. The highest BCUT2D eigenvalue weighted by Gasteiger charge is 2.39. The van der Waals surface area contributed by atoms with E-state index in [1.165, 1.54) is 24.8 Å². The van der Waals surface area contributed by atoms with Crippen molar-refractivity contribution < 1.29 is 0 Å². The molecule has 2 unspecified atom stereocenters. The number of fused-ring (bicyclic) bond motifs is 5. The van der Waals surface area contributed by atoms with E-state index in [0.29, 0.717) is 0 Å². The minimum Gasteiger partial charge on any atom is -0.390 e. The van der Waals surface area contributed by atoms with Crippen molar-refractivity contribution in [2.45, 2.75) is 38.0 Å². The minimum atomic E-state index is 0.874. The predicted octanol–water partition coefficient (Wildman–Crippen LogP) is 3.00. The Hall–Kier alpha value is -0.500. The average Bonchev–Trinajstić information content (AvgIpc) is 2.66. The molecule has 0 spiro atoms. The highest BCUT2D eigenvalue weighted by molar-refractivity contribution is 7.16. The molecule has 0 aromatic carbocycles. The summed E-state index contributed by atoms with van der Waals surface area (Å²) in [7, 11) is 0. The molecule has 1 fully saturated rings. The normalized spacial score (nSPS) is 31.1. The topological polar surface area (TPSA) is 26.0 Å². The van der Waals surface area contributed by atoms with Crippen LogP contribution >= 0.6 is 11.3 Å². The van der Waals surface area contributed by atoms with Crippen molar-refractivity contribution in [2.75, 3.05) is 5.73 Å². The Bertz CT molecular complexity index is 340. The van der Waals surface area contributed by atoms with Crippen molar-refractivity contribution in [3.63, 3.8) is 0 Å². The zero-order valence-corrected chi connectivity index (χ0v) is 8.08. The van der Waals surface area contributed by atoms with E-state index in [1.54, 1.807) is 10.4 Å². The smallest absolute Gasteiger partial charge is 0.0891 e. The first-order valence-electron chi connectivity index (χ1n) is 4.66. The summed E-state index contributed by atoms with van der Waals surface area (Å²) in [5, 5.41) is 1.07. The van der Waals surface area contributed by atoms with Crippen molar-refractivity contribution in [3.8, 4) is 0 Å². The third-order valence-corrected chi connectivity index (χ3v) is 4.77. The van der Waals surface area contributed by atoms with E-state index < -0.39 is 0 Å². The van der Waals surface area contributed by atoms with Crippen molar-refractivity contribution in [2.24, 2.45) is 0 Å². The molecule has 0 saturated heterocycles. The summed E-state index contributed by atoms with van der Waals surface area (Å²) >= 11 is 1.84. The lowest BCUT2D eigenvalue weighted by Crippen LogP contribution is -1.94. The van der Waals surface area contributed by atoms with Gasteiger partial charge >= 0.3 is 0 Å². The summed E-state index contributed by atoms with van der Waals surface area (Å²) < 4.78 is 0. The Labute approximate surface area is 76.6 Å². The Balaban J connectivity index is 2.25. The number of hydrogen-bond donors (Lipinski definition) is 1. The van der Waals surface area contributed by atoms with E-state index in [1.807, 2.05) is 11.3 Å². The summed E-state index contributed by atoms with van der Waals surface area (Å²) in [5.41, 5.74) is 8.95. The van der Waals surface area contributed by atoms with E-state index in [0.717, 1.165) is 16.8 Å². The zero-order chi connectivity index (χ0) is 8.29. The fourth-order valence-electron chi connectivity index (χ4n) is 2.86. The minimum absolute atomic E-state index is 0.874. The van der Waals surface area contributed by atoms with Gasteiger partial charge in [0.05, 0.1) is 5.00 Å². The second kappa shape index (κ2) is 2.05. The number of nitrogens with two attached hydrogens (primary N) is 1. The van der Waals surface area contributed by atoms with Crippen LogP contribution in [0.15, 0.2) is 0 Å². The Morgan fingerprint density at radius 1 is 1.33 bits per heavy atom. The first kappa shape index (κ1) is 6.96. The van der Waals surface area contributed by atoms with Crippen molar-refractivity contribution in [3.05, 3.63) is 16.0 Å². The molecule has 2 aliphatic rings. The maximum atomic E-state index is 5.92. The van der Waals surface area contributed by atoms with Crippen molar-refractivity contribution in [1.29, 1.82) is 0 Å². The van der Waals surface area contributed by atoms with Crippen LogP contribution in [0, 0.1) is 6.92 Å². The van der Waals surface area contributed by atoms with Crippen LogP contribution in [0.5, 0.6) is 0 Å². The lowest BCUT2D eigenvalue weighted by atomic mass is 9.96. The van der Waals surface area contributed by atoms with Crippen LogP contribution in [0.3, 0.4) is 0 Å². The number of anilines is 1. The number of rotatable bonds is 0. The molecule has 0 amide bonds. The summed E-state index contributed by atoms with van der Waals surface area (Å²) in [6, 6.07) is 0. The van der Waals surface area contributed by atoms with Gasteiger partial charge in [0.2, 0.25) is 0 Å². The molecule has 2 N–H and O–H groups in total. The van der Waals surface area contributed by atoms with E-state index in [9.17, 15) is 0 Å². The first-order chi connectivity index (χ1) is 5.77. The molecule has 1 heterocycles. The van der Waals surface area contributed by atoms with Crippen LogP contribution in [-0.4, -0.2) is 0 Å². The summed E-state index contributed by atoms with van der Waals surface area (Å²) in [5.74, 6) is 1.75. The number of thiophene rings is 1. The summed E-state index contributed by atoms with van der Waals surface area (Å²) in [4.78, 5) is 1.63. The van der Waals surface area contributed by atoms with Gasteiger partial charge in [-0.3, -0.25) is 0 Å². The summed E-state index contributed by atoms with van der Waals surface area (Å²) in [6.07, 6.45) is 4.24. The largest absolute Gasteiger partial charge is 0.390 e. The summed E-state index contributed by atoms with van der Waals surface area (Å²) in [6.45, 7) is 2.19. The average molecular weight is 179 g/mol. The molecule has 2 atom stereocenters. The van der Waals surface area contributed by atoms with Crippen LogP contribution in [0.25, 0.3) is 0 Å². The molecule has 2 aliphatic carbocycles. The van der Waals surface area contributed by atoms with E-state index in [2.05, 4.69) is 6.92 Å². The third-order valence-electron chi connectivity index (χ3n) is 3.47. The molecule has 1 saturated carbocycles. The molecule has 1 aromatic rings. The van der Waals surface area contributed by atoms with E-state index in [4.69, 9.17) is 5.73 Å². The van der Waals surface area contributed by atoms with Crippen LogP contribution in [0.4, 0.5) is 5.00 Å². The standard InChI is InChI=1S/C10H13NS/c1-5-8-6-2-3-7(4-6)9(8)12-10(5)11/h6-7H,2-4,11H2,1H3. The van der Waals surface area contributed by atoms with Gasteiger partial charge in [-0.2, -0.15) is 0 Å². The highest BCUT2D eigenvalue weighted by Crippen LogP contribution is 2.58.